The second-order valence-electron chi connectivity index (χ2n) is 3.96. The van der Waals surface area contributed by atoms with Crippen LogP contribution in [0.2, 0.25) is 0 Å². The lowest BCUT2D eigenvalue weighted by Crippen LogP contribution is -2.46. The fourth-order valence-electron chi connectivity index (χ4n) is 1.54. The Bertz CT molecular complexity index is 265. The van der Waals surface area contributed by atoms with Gasteiger partial charge in [-0.15, -0.1) is 0 Å². The summed E-state index contributed by atoms with van der Waals surface area (Å²) in [5, 5.41) is 22.6. The van der Waals surface area contributed by atoms with Crippen LogP contribution in [0.15, 0.2) is 0 Å². The Morgan fingerprint density at radius 3 is 2.82 bits per heavy atom. The standard InChI is InChI=1S/C10H18N2O5/c13-8(9(14)15)3-4-11-10(16)12-7-2-1-5-17-6-7/h7-8,13H,1-6H2,(H,14,15)(H2,11,12,16). The second-order valence-corrected chi connectivity index (χ2v) is 3.96. The van der Waals surface area contributed by atoms with Crippen molar-refractivity contribution < 1.29 is 24.5 Å². The maximum absolute atomic E-state index is 11.4. The van der Waals surface area contributed by atoms with Gasteiger partial charge in [-0.3, -0.25) is 0 Å². The van der Waals surface area contributed by atoms with Crippen LogP contribution in [0.5, 0.6) is 0 Å². The first-order chi connectivity index (χ1) is 8.09. The third-order valence-corrected chi connectivity index (χ3v) is 2.48. The first-order valence-electron chi connectivity index (χ1n) is 5.62. The van der Waals surface area contributed by atoms with Crippen LogP contribution in [-0.2, 0) is 9.53 Å². The van der Waals surface area contributed by atoms with Crippen molar-refractivity contribution in [1.29, 1.82) is 0 Å². The van der Waals surface area contributed by atoms with Crippen molar-refractivity contribution in [2.45, 2.75) is 31.4 Å². The molecule has 0 spiro atoms. The zero-order valence-corrected chi connectivity index (χ0v) is 9.52. The van der Waals surface area contributed by atoms with E-state index in [-0.39, 0.29) is 25.0 Å². The molecule has 1 saturated heterocycles. The fourth-order valence-corrected chi connectivity index (χ4v) is 1.54. The van der Waals surface area contributed by atoms with E-state index in [1.165, 1.54) is 0 Å². The molecule has 0 aromatic carbocycles. The number of aliphatic hydroxyl groups excluding tert-OH is 1. The van der Waals surface area contributed by atoms with Crippen LogP contribution in [0.1, 0.15) is 19.3 Å². The number of ether oxygens (including phenoxy) is 1. The largest absolute Gasteiger partial charge is 0.479 e. The number of hydrogen-bond acceptors (Lipinski definition) is 4. The lowest BCUT2D eigenvalue weighted by molar-refractivity contribution is -0.146. The van der Waals surface area contributed by atoms with E-state index in [2.05, 4.69) is 10.6 Å². The van der Waals surface area contributed by atoms with Crippen LogP contribution >= 0.6 is 0 Å². The van der Waals surface area contributed by atoms with Gasteiger partial charge < -0.3 is 25.6 Å². The monoisotopic (exact) mass is 246 g/mol. The molecule has 17 heavy (non-hydrogen) atoms. The van der Waals surface area contributed by atoms with Gasteiger partial charge in [0.1, 0.15) is 0 Å². The molecule has 7 heteroatoms. The highest BCUT2D eigenvalue weighted by Gasteiger charge is 2.16. The Kier molecular flexibility index (Phi) is 5.71. The highest BCUT2D eigenvalue weighted by atomic mass is 16.5. The molecule has 1 rings (SSSR count). The van der Waals surface area contributed by atoms with Crippen molar-refractivity contribution >= 4 is 12.0 Å². The number of urea groups is 1. The van der Waals surface area contributed by atoms with Crippen LogP contribution < -0.4 is 10.6 Å². The van der Waals surface area contributed by atoms with E-state index < -0.39 is 12.1 Å². The molecule has 98 valence electrons. The number of carboxylic acid groups (broad SMARTS) is 1. The third kappa shape index (κ3) is 5.50. The Morgan fingerprint density at radius 1 is 1.47 bits per heavy atom. The van der Waals surface area contributed by atoms with Crippen LogP contribution in [0.25, 0.3) is 0 Å². The van der Waals surface area contributed by atoms with Crippen LogP contribution in [-0.4, -0.2) is 54.1 Å². The molecule has 0 saturated carbocycles. The molecule has 1 heterocycles. The van der Waals surface area contributed by atoms with Crippen molar-refractivity contribution in [2.24, 2.45) is 0 Å². The van der Waals surface area contributed by atoms with Gasteiger partial charge in [-0.2, -0.15) is 0 Å². The van der Waals surface area contributed by atoms with Crippen molar-refractivity contribution in [1.82, 2.24) is 10.6 Å². The van der Waals surface area contributed by atoms with E-state index in [0.29, 0.717) is 6.61 Å². The molecule has 2 unspecified atom stereocenters. The van der Waals surface area contributed by atoms with E-state index in [4.69, 9.17) is 14.9 Å². The van der Waals surface area contributed by atoms with E-state index in [0.717, 1.165) is 19.4 Å². The number of nitrogens with one attached hydrogen (secondary N) is 2. The van der Waals surface area contributed by atoms with Crippen molar-refractivity contribution in [3.8, 4) is 0 Å². The van der Waals surface area contributed by atoms with Gasteiger partial charge in [-0.05, 0) is 12.8 Å². The maximum Gasteiger partial charge on any atom is 0.332 e. The number of rotatable bonds is 5. The van der Waals surface area contributed by atoms with Crippen molar-refractivity contribution in [3.63, 3.8) is 0 Å². The van der Waals surface area contributed by atoms with E-state index >= 15 is 0 Å². The van der Waals surface area contributed by atoms with E-state index in [1.54, 1.807) is 0 Å². The van der Waals surface area contributed by atoms with Gasteiger partial charge in [-0.25, -0.2) is 9.59 Å². The number of aliphatic hydroxyl groups is 1. The van der Waals surface area contributed by atoms with Gasteiger partial charge in [0.25, 0.3) is 0 Å². The summed E-state index contributed by atoms with van der Waals surface area (Å²) < 4.78 is 5.20. The minimum absolute atomic E-state index is 0.00754. The quantitative estimate of drug-likeness (QED) is 0.513. The van der Waals surface area contributed by atoms with Gasteiger partial charge >= 0.3 is 12.0 Å². The molecule has 1 aliphatic rings. The Hall–Kier alpha value is -1.34. The normalized spacial score (nSPS) is 21.6. The molecule has 7 nitrogen and oxygen atoms in total. The molecule has 2 amide bonds. The lowest BCUT2D eigenvalue weighted by Gasteiger charge is -2.23. The highest BCUT2D eigenvalue weighted by molar-refractivity contribution is 5.74. The van der Waals surface area contributed by atoms with Gasteiger partial charge in [0.05, 0.1) is 12.6 Å². The van der Waals surface area contributed by atoms with Crippen molar-refractivity contribution in [3.05, 3.63) is 0 Å². The molecule has 0 aromatic heterocycles. The maximum atomic E-state index is 11.4. The summed E-state index contributed by atoms with van der Waals surface area (Å²) >= 11 is 0. The topological polar surface area (TPSA) is 108 Å². The Labute approximate surface area is 99.1 Å². The summed E-state index contributed by atoms with van der Waals surface area (Å²) in [6, 6.07) is -0.355. The molecule has 0 aliphatic carbocycles. The molecule has 0 bridgehead atoms. The summed E-state index contributed by atoms with van der Waals surface area (Å²) in [5.74, 6) is -1.28. The SMILES string of the molecule is O=C(NCCC(O)C(=O)O)NC1CCCOC1. The minimum atomic E-state index is -1.44. The molecular formula is C10H18N2O5. The van der Waals surface area contributed by atoms with Crippen LogP contribution in [0.4, 0.5) is 4.79 Å². The zero-order valence-electron chi connectivity index (χ0n) is 9.52. The predicted molar refractivity (Wildman–Crippen MR) is 58.6 cm³/mol. The van der Waals surface area contributed by atoms with Gasteiger partial charge in [0.15, 0.2) is 6.10 Å². The smallest absolute Gasteiger partial charge is 0.332 e. The van der Waals surface area contributed by atoms with Crippen molar-refractivity contribution in [2.75, 3.05) is 19.8 Å². The number of aliphatic carboxylic acids is 1. The Morgan fingerprint density at radius 2 is 2.24 bits per heavy atom. The summed E-state index contributed by atoms with van der Waals surface area (Å²) in [6.45, 7) is 1.35. The fraction of sp³-hybridized carbons (Fsp3) is 0.800. The summed E-state index contributed by atoms with van der Waals surface area (Å²) in [5.41, 5.74) is 0. The predicted octanol–water partition coefficient (Wildman–Crippen LogP) is -0.700. The molecule has 1 fully saturated rings. The van der Waals surface area contributed by atoms with Crippen LogP contribution in [0, 0.1) is 0 Å². The molecule has 2 atom stereocenters. The molecule has 1 aliphatic heterocycles. The number of carbonyl (C=O) groups is 2. The average Bonchev–Trinajstić information content (AvgIpc) is 2.30. The Balaban J connectivity index is 2.10. The molecular weight excluding hydrogens is 228 g/mol. The second kappa shape index (κ2) is 7.08. The van der Waals surface area contributed by atoms with E-state index in [9.17, 15) is 9.59 Å². The van der Waals surface area contributed by atoms with Gasteiger partial charge in [0, 0.05) is 19.6 Å². The third-order valence-electron chi connectivity index (χ3n) is 2.48. The van der Waals surface area contributed by atoms with Gasteiger partial charge in [-0.1, -0.05) is 0 Å². The van der Waals surface area contributed by atoms with E-state index in [1.807, 2.05) is 0 Å². The summed E-state index contributed by atoms with van der Waals surface area (Å²) in [4.78, 5) is 21.7. The number of amides is 2. The first-order valence-corrected chi connectivity index (χ1v) is 5.62. The average molecular weight is 246 g/mol. The lowest BCUT2D eigenvalue weighted by atomic mass is 10.1. The molecule has 0 aromatic rings. The zero-order chi connectivity index (χ0) is 12.7. The van der Waals surface area contributed by atoms with Crippen LogP contribution in [0.3, 0.4) is 0 Å². The minimum Gasteiger partial charge on any atom is -0.479 e. The molecule has 4 N–H and O–H groups in total. The number of carbonyl (C=O) groups excluding carboxylic acids is 1. The summed E-state index contributed by atoms with van der Waals surface area (Å²) in [7, 11) is 0. The van der Waals surface area contributed by atoms with Gasteiger partial charge in [0.2, 0.25) is 0 Å². The highest BCUT2D eigenvalue weighted by Crippen LogP contribution is 2.05. The summed E-state index contributed by atoms with van der Waals surface area (Å²) in [6.07, 6.45) is 0.353. The molecule has 0 radical (unpaired) electrons. The first kappa shape index (κ1) is 13.7. The number of hydrogen-bond donors (Lipinski definition) is 4. The number of carboxylic acids is 1.